The molecule has 1 atom stereocenters. The van der Waals surface area contributed by atoms with Gasteiger partial charge in [-0.3, -0.25) is 4.90 Å². The second kappa shape index (κ2) is 7.27. The van der Waals surface area contributed by atoms with Crippen LogP contribution in [0.15, 0.2) is 22.7 Å². The number of benzene rings is 1. The van der Waals surface area contributed by atoms with E-state index in [9.17, 15) is 0 Å². The predicted octanol–water partition coefficient (Wildman–Crippen LogP) is 3.46. The summed E-state index contributed by atoms with van der Waals surface area (Å²) in [6.07, 6.45) is 2.78. The monoisotopic (exact) mass is 327 g/mol. The van der Waals surface area contributed by atoms with Gasteiger partial charge in [0.15, 0.2) is 0 Å². The Balaban J connectivity index is 2.02. The molecule has 0 amide bonds. The molecule has 1 aromatic rings. The highest BCUT2D eigenvalue weighted by Crippen LogP contribution is 2.25. The molecule has 1 aliphatic rings. The lowest BCUT2D eigenvalue weighted by molar-refractivity contribution is 0.0722. The summed E-state index contributed by atoms with van der Waals surface area (Å²) in [5.41, 5.74) is 1.22. The van der Waals surface area contributed by atoms with Crippen molar-refractivity contribution in [2.24, 2.45) is 0 Å². The molecule has 4 heteroatoms. The molecule has 1 saturated heterocycles. The van der Waals surface area contributed by atoms with E-state index >= 15 is 0 Å². The van der Waals surface area contributed by atoms with Crippen LogP contribution in [-0.4, -0.2) is 37.8 Å². The number of methoxy groups -OCH3 is 1. The lowest BCUT2D eigenvalue weighted by Gasteiger charge is -2.24. The van der Waals surface area contributed by atoms with Crippen LogP contribution in [0.1, 0.15) is 25.3 Å². The van der Waals surface area contributed by atoms with Gasteiger partial charge < -0.3 is 9.47 Å². The number of ether oxygens (including phenoxy) is 2. The van der Waals surface area contributed by atoms with Gasteiger partial charge in [-0.1, -0.05) is 22.9 Å². The summed E-state index contributed by atoms with van der Waals surface area (Å²) >= 11 is 3.53. The first-order valence-corrected chi connectivity index (χ1v) is 7.68. The summed E-state index contributed by atoms with van der Waals surface area (Å²) < 4.78 is 12.3. The van der Waals surface area contributed by atoms with Gasteiger partial charge in [0.1, 0.15) is 5.75 Å². The van der Waals surface area contributed by atoms with Gasteiger partial charge in [0, 0.05) is 29.7 Å². The molecule has 0 N–H and O–H groups in total. The lowest BCUT2D eigenvalue weighted by atomic mass is 10.1. The highest BCUT2D eigenvalue weighted by atomic mass is 79.9. The van der Waals surface area contributed by atoms with Crippen molar-refractivity contribution in [2.45, 2.75) is 32.4 Å². The SMILES string of the molecule is CCN(Cc1cc(Br)ccc1OC)CC1CCCO1. The van der Waals surface area contributed by atoms with Crippen molar-refractivity contribution in [3.8, 4) is 5.75 Å². The van der Waals surface area contributed by atoms with Gasteiger partial charge in [0.2, 0.25) is 0 Å². The minimum atomic E-state index is 0.401. The van der Waals surface area contributed by atoms with Crippen molar-refractivity contribution >= 4 is 15.9 Å². The number of likely N-dealkylation sites (N-methyl/N-ethyl adjacent to an activating group) is 1. The van der Waals surface area contributed by atoms with E-state index in [0.717, 1.165) is 36.5 Å². The topological polar surface area (TPSA) is 21.7 Å². The van der Waals surface area contributed by atoms with Crippen LogP contribution in [0, 0.1) is 0 Å². The van der Waals surface area contributed by atoms with Gasteiger partial charge in [-0.2, -0.15) is 0 Å². The molecule has 0 saturated carbocycles. The van der Waals surface area contributed by atoms with Gasteiger partial charge in [-0.25, -0.2) is 0 Å². The summed E-state index contributed by atoms with van der Waals surface area (Å²) in [4.78, 5) is 2.42. The van der Waals surface area contributed by atoms with E-state index in [1.54, 1.807) is 7.11 Å². The molecule has 1 aliphatic heterocycles. The van der Waals surface area contributed by atoms with Gasteiger partial charge in [0.05, 0.1) is 13.2 Å². The average Bonchev–Trinajstić information content (AvgIpc) is 2.91. The van der Waals surface area contributed by atoms with E-state index < -0.39 is 0 Å². The highest BCUT2D eigenvalue weighted by Gasteiger charge is 2.19. The third-order valence-electron chi connectivity index (χ3n) is 3.57. The van der Waals surface area contributed by atoms with Crippen LogP contribution >= 0.6 is 15.9 Å². The molecule has 19 heavy (non-hydrogen) atoms. The standard InChI is InChI=1S/C15H22BrNO2/c1-3-17(11-14-5-4-8-19-14)10-12-9-13(16)6-7-15(12)18-2/h6-7,9,14H,3-5,8,10-11H2,1-2H3. The van der Waals surface area contributed by atoms with Crippen LogP contribution in [0.25, 0.3) is 0 Å². The first-order valence-electron chi connectivity index (χ1n) is 6.89. The third kappa shape index (κ3) is 4.20. The highest BCUT2D eigenvalue weighted by molar-refractivity contribution is 9.10. The molecule has 3 nitrogen and oxygen atoms in total. The average molecular weight is 328 g/mol. The largest absolute Gasteiger partial charge is 0.496 e. The third-order valence-corrected chi connectivity index (χ3v) is 4.06. The van der Waals surface area contributed by atoms with Crippen LogP contribution in [0.2, 0.25) is 0 Å². The maximum atomic E-state index is 5.72. The molecule has 1 heterocycles. The second-order valence-corrected chi connectivity index (χ2v) is 5.83. The van der Waals surface area contributed by atoms with E-state index in [0.29, 0.717) is 6.10 Å². The first-order chi connectivity index (χ1) is 9.22. The van der Waals surface area contributed by atoms with E-state index in [4.69, 9.17) is 9.47 Å². The molecule has 0 bridgehead atoms. The number of hydrogen-bond acceptors (Lipinski definition) is 3. The first kappa shape index (κ1) is 14.8. The Labute approximate surface area is 124 Å². The fourth-order valence-electron chi connectivity index (χ4n) is 2.49. The molecule has 1 aromatic carbocycles. The molecule has 1 unspecified atom stereocenters. The van der Waals surface area contributed by atoms with Gasteiger partial charge in [-0.15, -0.1) is 0 Å². The van der Waals surface area contributed by atoms with Crippen LogP contribution in [0.3, 0.4) is 0 Å². The molecule has 0 radical (unpaired) electrons. The molecule has 106 valence electrons. The molecule has 0 spiro atoms. The number of hydrogen-bond donors (Lipinski definition) is 0. The maximum absolute atomic E-state index is 5.72. The lowest BCUT2D eigenvalue weighted by Crippen LogP contribution is -2.31. The molecular weight excluding hydrogens is 306 g/mol. The summed E-state index contributed by atoms with van der Waals surface area (Å²) in [5, 5.41) is 0. The van der Waals surface area contributed by atoms with E-state index in [2.05, 4.69) is 33.8 Å². The van der Waals surface area contributed by atoms with E-state index in [1.165, 1.54) is 18.4 Å². The minimum Gasteiger partial charge on any atom is -0.496 e. The maximum Gasteiger partial charge on any atom is 0.123 e. The van der Waals surface area contributed by atoms with Crippen LogP contribution < -0.4 is 4.74 Å². The Hall–Kier alpha value is -0.580. The smallest absolute Gasteiger partial charge is 0.123 e. The van der Waals surface area contributed by atoms with E-state index in [-0.39, 0.29) is 0 Å². The molecule has 1 fully saturated rings. The Kier molecular flexibility index (Phi) is 5.67. The van der Waals surface area contributed by atoms with Crippen molar-refractivity contribution in [2.75, 3.05) is 26.8 Å². The minimum absolute atomic E-state index is 0.401. The Morgan fingerprint density at radius 1 is 1.47 bits per heavy atom. The molecule has 2 rings (SSSR count). The molecule has 0 aliphatic carbocycles. The summed E-state index contributed by atoms with van der Waals surface area (Å²) in [7, 11) is 1.73. The predicted molar refractivity (Wildman–Crippen MR) is 80.6 cm³/mol. The van der Waals surface area contributed by atoms with Gasteiger partial charge >= 0.3 is 0 Å². The van der Waals surface area contributed by atoms with Crippen molar-refractivity contribution in [3.05, 3.63) is 28.2 Å². The molecule has 0 aromatic heterocycles. The zero-order valence-electron chi connectivity index (χ0n) is 11.7. The summed E-state index contributed by atoms with van der Waals surface area (Å²) in [5.74, 6) is 0.953. The Morgan fingerprint density at radius 3 is 2.95 bits per heavy atom. The van der Waals surface area contributed by atoms with Crippen molar-refractivity contribution in [3.63, 3.8) is 0 Å². The van der Waals surface area contributed by atoms with Crippen molar-refractivity contribution < 1.29 is 9.47 Å². The quantitative estimate of drug-likeness (QED) is 0.798. The molecular formula is C15H22BrNO2. The number of rotatable bonds is 6. The van der Waals surface area contributed by atoms with E-state index in [1.807, 2.05) is 12.1 Å². The second-order valence-electron chi connectivity index (χ2n) is 4.92. The summed E-state index contributed by atoms with van der Waals surface area (Å²) in [6.45, 7) is 6.04. The summed E-state index contributed by atoms with van der Waals surface area (Å²) in [6, 6.07) is 6.16. The van der Waals surface area contributed by atoms with Crippen molar-refractivity contribution in [1.82, 2.24) is 4.90 Å². The fraction of sp³-hybridized carbons (Fsp3) is 0.600. The zero-order chi connectivity index (χ0) is 13.7. The Morgan fingerprint density at radius 2 is 2.32 bits per heavy atom. The zero-order valence-corrected chi connectivity index (χ0v) is 13.3. The number of nitrogens with zero attached hydrogens (tertiary/aromatic N) is 1. The van der Waals surface area contributed by atoms with Crippen molar-refractivity contribution in [1.29, 1.82) is 0 Å². The van der Waals surface area contributed by atoms with Crippen LogP contribution in [0.5, 0.6) is 5.75 Å². The van der Waals surface area contributed by atoms with Gasteiger partial charge in [-0.05, 0) is 37.6 Å². The van der Waals surface area contributed by atoms with Gasteiger partial charge in [0.25, 0.3) is 0 Å². The normalized spacial score (nSPS) is 19.1. The Bertz CT molecular complexity index is 405. The fourth-order valence-corrected chi connectivity index (χ4v) is 2.90. The van der Waals surface area contributed by atoms with Crippen LogP contribution in [-0.2, 0) is 11.3 Å². The van der Waals surface area contributed by atoms with Crippen LogP contribution in [0.4, 0.5) is 0 Å². The number of halogens is 1.